The highest BCUT2D eigenvalue weighted by molar-refractivity contribution is 6.51. The smallest absolute Gasteiger partial charge is 0.296 e. The van der Waals surface area contributed by atoms with E-state index in [4.69, 9.17) is 0 Å². The molecule has 1 aliphatic heterocycles. The SMILES string of the molecule is CC1CC1CN(C)c1cc2c(cc1F)C(=O)C(=O)N2. The van der Waals surface area contributed by atoms with E-state index in [1.165, 1.54) is 6.42 Å². The first kappa shape index (κ1) is 12.1. The Morgan fingerprint density at radius 1 is 1.42 bits per heavy atom. The third-order valence-electron chi connectivity index (χ3n) is 3.98. The molecular weight excluding hydrogens is 247 g/mol. The third-order valence-corrected chi connectivity index (χ3v) is 3.98. The fourth-order valence-electron chi connectivity index (χ4n) is 2.55. The fraction of sp³-hybridized carbons (Fsp3) is 0.429. The zero-order valence-electron chi connectivity index (χ0n) is 10.9. The maximum atomic E-state index is 14.0. The Kier molecular flexibility index (Phi) is 2.59. The molecule has 2 aliphatic rings. The highest BCUT2D eigenvalue weighted by Gasteiger charge is 2.34. The molecule has 1 aliphatic carbocycles. The van der Waals surface area contributed by atoms with Crippen molar-refractivity contribution in [1.82, 2.24) is 0 Å². The maximum absolute atomic E-state index is 14.0. The molecule has 0 saturated heterocycles. The van der Waals surface area contributed by atoms with Crippen LogP contribution in [0.15, 0.2) is 12.1 Å². The van der Waals surface area contributed by atoms with Crippen molar-refractivity contribution in [2.24, 2.45) is 11.8 Å². The number of nitrogens with one attached hydrogen (secondary N) is 1. The summed E-state index contributed by atoms with van der Waals surface area (Å²) >= 11 is 0. The minimum Gasteiger partial charge on any atom is -0.372 e. The van der Waals surface area contributed by atoms with Crippen LogP contribution in [0.1, 0.15) is 23.7 Å². The summed E-state index contributed by atoms with van der Waals surface area (Å²) in [5, 5.41) is 2.47. The van der Waals surface area contributed by atoms with Crippen molar-refractivity contribution in [3.8, 4) is 0 Å². The van der Waals surface area contributed by atoms with Crippen molar-refractivity contribution in [3.05, 3.63) is 23.5 Å². The number of ketones is 1. The monoisotopic (exact) mass is 262 g/mol. The summed E-state index contributed by atoms with van der Waals surface area (Å²) in [6.45, 7) is 2.97. The number of hydrogen-bond donors (Lipinski definition) is 1. The minimum absolute atomic E-state index is 0.124. The molecule has 1 fully saturated rings. The van der Waals surface area contributed by atoms with Crippen LogP contribution < -0.4 is 10.2 Å². The molecule has 100 valence electrons. The van der Waals surface area contributed by atoms with E-state index >= 15 is 0 Å². The third kappa shape index (κ3) is 1.99. The van der Waals surface area contributed by atoms with Crippen molar-refractivity contribution in [1.29, 1.82) is 0 Å². The summed E-state index contributed by atoms with van der Waals surface area (Å²) in [6.07, 6.45) is 1.17. The second kappa shape index (κ2) is 4.05. The van der Waals surface area contributed by atoms with Gasteiger partial charge in [0.25, 0.3) is 11.7 Å². The number of hydrogen-bond acceptors (Lipinski definition) is 3. The Morgan fingerprint density at radius 3 is 2.74 bits per heavy atom. The number of amides is 1. The Hall–Kier alpha value is -1.91. The second-order valence-electron chi connectivity index (χ2n) is 5.49. The summed E-state index contributed by atoms with van der Waals surface area (Å²) in [5.41, 5.74) is 0.953. The first-order valence-electron chi connectivity index (χ1n) is 6.37. The van der Waals surface area contributed by atoms with Gasteiger partial charge in [-0.2, -0.15) is 0 Å². The van der Waals surface area contributed by atoms with Gasteiger partial charge in [-0.3, -0.25) is 9.59 Å². The number of benzene rings is 1. The molecule has 1 N–H and O–H groups in total. The van der Waals surface area contributed by atoms with E-state index in [9.17, 15) is 14.0 Å². The molecule has 1 aromatic rings. The van der Waals surface area contributed by atoms with Crippen LogP contribution in [-0.4, -0.2) is 25.3 Å². The van der Waals surface area contributed by atoms with Crippen molar-refractivity contribution < 1.29 is 14.0 Å². The number of nitrogens with zero attached hydrogens (tertiary/aromatic N) is 1. The molecule has 2 atom stereocenters. The molecule has 0 radical (unpaired) electrons. The normalized spacial score (nSPS) is 24.2. The van der Waals surface area contributed by atoms with Gasteiger partial charge in [-0.05, 0) is 30.4 Å². The lowest BCUT2D eigenvalue weighted by molar-refractivity contribution is -0.112. The number of rotatable bonds is 3. The molecule has 1 heterocycles. The van der Waals surface area contributed by atoms with Crippen LogP contribution >= 0.6 is 0 Å². The molecule has 1 saturated carbocycles. The zero-order chi connectivity index (χ0) is 13.7. The van der Waals surface area contributed by atoms with Gasteiger partial charge in [-0.15, -0.1) is 0 Å². The summed E-state index contributed by atoms with van der Waals surface area (Å²) in [6, 6.07) is 2.69. The number of fused-ring (bicyclic) bond motifs is 1. The first-order valence-corrected chi connectivity index (χ1v) is 6.37. The number of anilines is 2. The van der Waals surface area contributed by atoms with Gasteiger partial charge < -0.3 is 10.2 Å². The quantitative estimate of drug-likeness (QED) is 0.848. The van der Waals surface area contributed by atoms with Crippen molar-refractivity contribution in [2.75, 3.05) is 23.8 Å². The lowest BCUT2D eigenvalue weighted by atomic mass is 10.1. The van der Waals surface area contributed by atoms with Crippen LogP contribution in [0, 0.1) is 17.7 Å². The average molecular weight is 262 g/mol. The van der Waals surface area contributed by atoms with E-state index in [1.54, 1.807) is 6.07 Å². The van der Waals surface area contributed by atoms with Crippen LogP contribution in [0.25, 0.3) is 0 Å². The number of Topliss-reactive ketones (excluding diaryl/α,β-unsaturated/α-hetero) is 1. The standard InChI is InChI=1S/C14H15FN2O2/c1-7-3-8(7)6-17(2)12-5-11-9(4-10(12)15)13(18)14(19)16-11/h4-5,7-8H,3,6H2,1-2H3,(H,16,18,19). The average Bonchev–Trinajstić information content (AvgIpc) is 2.97. The molecule has 2 unspecified atom stereocenters. The van der Waals surface area contributed by atoms with Crippen LogP contribution in [-0.2, 0) is 4.79 Å². The molecule has 3 rings (SSSR count). The second-order valence-corrected chi connectivity index (χ2v) is 5.49. The topological polar surface area (TPSA) is 49.4 Å². The van der Waals surface area contributed by atoms with E-state index < -0.39 is 17.5 Å². The number of carbonyl (C=O) groups is 2. The first-order chi connectivity index (χ1) is 8.97. The van der Waals surface area contributed by atoms with Crippen LogP contribution in [0.4, 0.5) is 15.8 Å². The molecule has 0 spiro atoms. The van der Waals surface area contributed by atoms with E-state index in [0.29, 0.717) is 23.2 Å². The molecular formula is C14H15FN2O2. The predicted octanol–water partition coefficient (Wildman–Crippen LogP) is 2.05. The molecule has 19 heavy (non-hydrogen) atoms. The van der Waals surface area contributed by atoms with E-state index in [-0.39, 0.29) is 5.56 Å². The molecule has 1 aromatic carbocycles. The lowest BCUT2D eigenvalue weighted by Gasteiger charge is -2.20. The number of carbonyl (C=O) groups excluding carboxylic acids is 2. The van der Waals surface area contributed by atoms with Gasteiger partial charge in [0.05, 0.1) is 16.9 Å². The van der Waals surface area contributed by atoms with Gasteiger partial charge in [0.2, 0.25) is 0 Å². The van der Waals surface area contributed by atoms with Gasteiger partial charge >= 0.3 is 0 Å². The summed E-state index contributed by atoms with van der Waals surface area (Å²) < 4.78 is 14.0. The van der Waals surface area contributed by atoms with Crippen LogP contribution in [0.5, 0.6) is 0 Å². The summed E-state index contributed by atoms with van der Waals surface area (Å²) in [5.74, 6) is -0.515. The van der Waals surface area contributed by atoms with Crippen molar-refractivity contribution >= 4 is 23.1 Å². The largest absolute Gasteiger partial charge is 0.372 e. The minimum atomic E-state index is -0.690. The maximum Gasteiger partial charge on any atom is 0.296 e. The van der Waals surface area contributed by atoms with Crippen molar-refractivity contribution in [2.45, 2.75) is 13.3 Å². The van der Waals surface area contributed by atoms with Crippen LogP contribution in [0.3, 0.4) is 0 Å². The summed E-state index contributed by atoms with van der Waals surface area (Å²) in [4.78, 5) is 24.6. The Bertz CT molecular complexity index is 585. The molecule has 0 aromatic heterocycles. The summed E-state index contributed by atoms with van der Waals surface area (Å²) in [7, 11) is 1.83. The predicted molar refractivity (Wildman–Crippen MR) is 69.9 cm³/mol. The van der Waals surface area contributed by atoms with E-state index in [1.807, 2.05) is 11.9 Å². The van der Waals surface area contributed by atoms with Gasteiger partial charge in [-0.25, -0.2) is 4.39 Å². The van der Waals surface area contributed by atoms with Crippen LogP contribution in [0.2, 0.25) is 0 Å². The lowest BCUT2D eigenvalue weighted by Crippen LogP contribution is -2.21. The highest BCUT2D eigenvalue weighted by Crippen LogP contribution is 2.39. The van der Waals surface area contributed by atoms with Gasteiger partial charge in [0, 0.05) is 13.6 Å². The Labute approximate surface area is 110 Å². The van der Waals surface area contributed by atoms with Crippen molar-refractivity contribution in [3.63, 3.8) is 0 Å². The van der Waals surface area contributed by atoms with E-state index in [2.05, 4.69) is 12.2 Å². The van der Waals surface area contributed by atoms with E-state index in [0.717, 1.165) is 12.6 Å². The molecule has 5 heteroatoms. The fourth-order valence-corrected chi connectivity index (χ4v) is 2.55. The molecule has 1 amide bonds. The zero-order valence-corrected chi connectivity index (χ0v) is 10.9. The molecule has 4 nitrogen and oxygen atoms in total. The highest BCUT2D eigenvalue weighted by atomic mass is 19.1. The van der Waals surface area contributed by atoms with Gasteiger partial charge in [0.1, 0.15) is 5.82 Å². The van der Waals surface area contributed by atoms with Gasteiger partial charge in [0.15, 0.2) is 0 Å². The van der Waals surface area contributed by atoms with Gasteiger partial charge in [-0.1, -0.05) is 6.92 Å². The number of halogens is 1. The Balaban J connectivity index is 1.89. The molecule has 0 bridgehead atoms. The Morgan fingerprint density at radius 2 is 2.11 bits per heavy atom.